The van der Waals surface area contributed by atoms with Crippen molar-refractivity contribution in [3.05, 3.63) is 51.7 Å². The average Bonchev–Trinajstić information content (AvgIpc) is 3.45. The van der Waals surface area contributed by atoms with Crippen LogP contribution < -0.4 is 10.2 Å². The molecule has 0 saturated heterocycles. The Labute approximate surface area is 169 Å². The number of nitrogens with zero attached hydrogens (tertiary/aromatic N) is 1. The molecule has 2 aliphatic rings. The Morgan fingerprint density at radius 3 is 2.86 bits per heavy atom. The van der Waals surface area contributed by atoms with Gasteiger partial charge in [-0.25, -0.2) is 4.39 Å². The zero-order valence-electron chi connectivity index (χ0n) is 16.1. The van der Waals surface area contributed by atoms with Gasteiger partial charge in [-0.2, -0.15) is 5.26 Å². The van der Waals surface area contributed by atoms with Gasteiger partial charge >= 0.3 is 0 Å². The molecule has 146 valence electrons. The number of fused-ring (bicyclic) bond motifs is 1. The van der Waals surface area contributed by atoms with Gasteiger partial charge in [0.1, 0.15) is 23.4 Å². The summed E-state index contributed by atoms with van der Waals surface area (Å²) in [6.07, 6.45) is 5.14. The molecular formula is C22H25FN3OS+. The van der Waals surface area contributed by atoms with Gasteiger partial charge in [0.25, 0.3) is 5.91 Å². The summed E-state index contributed by atoms with van der Waals surface area (Å²) in [6.45, 7) is 3.03. The number of hydrogen-bond acceptors (Lipinski definition) is 3. The maximum Gasteiger partial charge on any atom is 0.280 e. The van der Waals surface area contributed by atoms with Crippen LogP contribution in [0.4, 0.5) is 9.39 Å². The third kappa shape index (κ3) is 4.11. The molecule has 4 rings (SSSR count). The van der Waals surface area contributed by atoms with E-state index in [1.54, 1.807) is 23.5 Å². The smallest absolute Gasteiger partial charge is 0.280 e. The maximum atomic E-state index is 14.0. The van der Waals surface area contributed by atoms with Crippen molar-refractivity contribution >= 4 is 22.2 Å². The van der Waals surface area contributed by atoms with Gasteiger partial charge in [-0.1, -0.05) is 25.1 Å². The SMILES string of the molecule is C[C@@H]1CCc2c(sc(NC(=O)C[NH+](Cc3ccccc3F)C3CC3)c2C#N)C1. The number of carbonyl (C=O) groups excluding carboxylic acids is 1. The number of anilines is 1. The molecule has 2 N–H and O–H groups in total. The fraction of sp³-hybridized carbons (Fsp3) is 0.455. The quantitative estimate of drug-likeness (QED) is 0.786. The van der Waals surface area contributed by atoms with Gasteiger partial charge in [0, 0.05) is 23.3 Å². The first-order valence-electron chi connectivity index (χ1n) is 9.97. The molecule has 6 heteroatoms. The highest BCUT2D eigenvalue weighted by molar-refractivity contribution is 7.16. The molecule has 1 unspecified atom stereocenters. The molecule has 0 aliphatic heterocycles. The van der Waals surface area contributed by atoms with Gasteiger partial charge in [0.2, 0.25) is 0 Å². The number of amides is 1. The summed E-state index contributed by atoms with van der Waals surface area (Å²) in [7, 11) is 0. The number of quaternary nitrogens is 1. The van der Waals surface area contributed by atoms with Crippen LogP contribution in [0.15, 0.2) is 24.3 Å². The molecule has 1 saturated carbocycles. The minimum absolute atomic E-state index is 0.0959. The third-order valence-corrected chi connectivity index (χ3v) is 6.96. The Morgan fingerprint density at radius 1 is 1.36 bits per heavy atom. The molecule has 1 fully saturated rings. The van der Waals surface area contributed by atoms with Crippen molar-refractivity contribution in [2.75, 3.05) is 11.9 Å². The van der Waals surface area contributed by atoms with Crippen LogP contribution in [0.2, 0.25) is 0 Å². The first-order chi connectivity index (χ1) is 13.5. The second kappa shape index (κ2) is 8.02. The Hall–Kier alpha value is -2.23. The summed E-state index contributed by atoms with van der Waals surface area (Å²) in [5.74, 6) is 0.311. The zero-order valence-corrected chi connectivity index (χ0v) is 16.9. The van der Waals surface area contributed by atoms with E-state index >= 15 is 0 Å². The van der Waals surface area contributed by atoms with Crippen molar-refractivity contribution in [2.24, 2.45) is 5.92 Å². The Balaban J connectivity index is 1.46. The standard InChI is InChI=1S/C22H24FN3OS/c1-14-6-9-17-18(11-24)22(28-20(17)10-14)25-21(27)13-26(16-7-8-16)12-15-4-2-3-5-19(15)23/h2-5,14,16H,6-10,12-13H2,1H3,(H,25,27)/p+1/t14-/m1/s1. The van der Waals surface area contributed by atoms with E-state index in [0.717, 1.165) is 42.6 Å². The predicted molar refractivity (Wildman–Crippen MR) is 108 cm³/mol. The maximum absolute atomic E-state index is 14.0. The molecule has 2 atom stereocenters. The lowest BCUT2D eigenvalue weighted by atomic mass is 9.89. The van der Waals surface area contributed by atoms with Crippen LogP contribution in [0.3, 0.4) is 0 Å². The van der Waals surface area contributed by atoms with Crippen molar-refractivity contribution in [1.82, 2.24) is 0 Å². The van der Waals surface area contributed by atoms with E-state index in [2.05, 4.69) is 18.3 Å². The summed E-state index contributed by atoms with van der Waals surface area (Å²) in [5.41, 5.74) is 2.41. The fourth-order valence-corrected chi connectivity index (χ4v) is 5.44. The second-order valence-corrected chi connectivity index (χ2v) is 9.20. The highest BCUT2D eigenvalue weighted by Crippen LogP contribution is 2.39. The van der Waals surface area contributed by atoms with Crippen LogP contribution in [0.25, 0.3) is 0 Å². The van der Waals surface area contributed by atoms with E-state index in [0.29, 0.717) is 41.2 Å². The van der Waals surface area contributed by atoms with E-state index in [1.807, 2.05) is 6.07 Å². The van der Waals surface area contributed by atoms with E-state index in [1.165, 1.54) is 10.9 Å². The van der Waals surface area contributed by atoms with Gasteiger partial charge < -0.3 is 10.2 Å². The van der Waals surface area contributed by atoms with E-state index in [-0.39, 0.29) is 11.7 Å². The van der Waals surface area contributed by atoms with Crippen LogP contribution in [-0.2, 0) is 24.2 Å². The van der Waals surface area contributed by atoms with Crippen molar-refractivity contribution in [3.8, 4) is 6.07 Å². The topological polar surface area (TPSA) is 57.3 Å². The van der Waals surface area contributed by atoms with Crippen LogP contribution >= 0.6 is 11.3 Å². The number of nitrogens with one attached hydrogen (secondary N) is 2. The first kappa shape index (κ1) is 19.1. The van der Waals surface area contributed by atoms with E-state index in [4.69, 9.17) is 0 Å². The number of hydrogen-bond donors (Lipinski definition) is 2. The average molecular weight is 399 g/mol. The largest absolute Gasteiger partial charge is 0.321 e. The van der Waals surface area contributed by atoms with Crippen LogP contribution in [0.5, 0.6) is 0 Å². The molecule has 0 spiro atoms. The van der Waals surface area contributed by atoms with Crippen molar-refractivity contribution < 1.29 is 14.1 Å². The summed E-state index contributed by atoms with van der Waals surface area (Å²) in [6, 6.07) is 9.49. The van der Waals surface area contributed by atoms with Crippen molar-refractivity contribution in [3.63, 3.8) is 0 Å². The molecule has 1 aromatic heterocycles. The Morgan fingerprint density at radius 2 is 2.14 bits per heavy atom. The van der Waals surface area contributed by atoms with Crippen LogP contribution in [0, 0.1) is 23.1 Å². The minimum atomic E-state index is -0.215. The van der Waals surface area contributed by atoms with Crippen molar-refractivity contribution in [1.29, 1.82) is 5.26 Å². The predicted octanol–water partition coefficient (Wildman–Crippen LogP) is 3.07. The minimum Gasteiger partial charge on any atom is -0.321 e. The highest BCUT2D eigenvalue weighted by atomic mass is 32.1. The number of benzene rings is 1. The molecule has 1 heterocycles. The van der Waals surface area contributed by atoms with Crippen molar-refractivity contribution in [2.45, 2.75) is 51.6 Å². The third-order valence-electron chi connectivity index (χ3n) is 5.79. The van der Waals surface area contributed by atoms with Gasteiger partial charge in [-0.3, -0.25) is 4.79 Å². The normalized spacial score (nSPS) is 19.5. The van der Waals surface area contributed by atoms with Crippen LogP contribution in [0.1, 0.15) is 47.8 Å². The highest BCUT2D eigenvalue weighted by Gasteiger charge is 2.35. The molecule has 0 bridgehead atoms. The monoisotopic (exact) mass is 398 g/mol. The molecular weight excluding hydrogens is 373 g/mol. The number of carbonyl (C=O) groups is 1. The summed E-state index contributed by atoms with van der Waals surface area (Å²) in [4.78, 5) is 15.1. The molecule has 2 aliphatic carbocycles. The van der Waals surface area contributed by atoms with E-state index in [9.17, 15) is 14.4 Å². The van der Waals surface area contributed by atoms with Gasteiger partial charge in [0.15, 0.2) is 6.54 Å². The first-order valence-corrected chi connectivity index (χ1v) is 10.8. The molecule has 1 amide bonds. The van der Waals surface area contributed by atoms with E-state index < -0.39 is 0 Å². The zero-order chi connectivity index (χ0) is 19.7. The number of nitriles is 1. The Bertz CT molecular complexity index is 928. The lowest BCUT2D eigenvalue weighted by Crippen LogP contribution is -3.13. The number of thiophene rings is 1. The van der Waals surface area contributed by atoms with Gasteiger partial charge in [-0.05, 0) is 36.8 Å². The number of halogens is 1. The summed E-state index contributed by atoms with van der Waals surface area (Å²) < 4.78 is 14.0. The van der Waals surface area contributed by atoms with Gasteiger partial charge in [-0.15, -0.1) is 11.3 Å². The summed E-state index contributed by atoms with van der Waals surface area (Å²) in [5, 5.41) is 13.3. The molecule has 4 nitrogen and oxygen atoms in total. The molecule has 28 heavy (non-hydrogen) atoms. The number of rotatable bonds is 6. The lowest BCUT2D eigenvalue weighted by molar-refractivity contribution is -0.917. The molecule has 2 aromatic rings. The Kier molecular flexibility index (Phi) is 5.47. The van der Waals surface area contributed by atoms with Gasteiger partial charge in [0.05, 0.1) is 11.6 Å². The van der Waals surface area contributed by atoms with Crippen LogP contribution in [-0.4, -0.2) is 18.5 Å². The molecule has 1 aromatic carbocycles. The lowest BCUT2D eigenvalue weighted by Gasteiger charge is -2.19. The molecule has 0 radical (unpaired) electrons. The second-order valence-electron chi connectivity index (χ2n) is 8.09. The summed E-state index contributed by atoms with van der Waals surface area (Å²) >= 11 is 1.55. The fourth-order valence-electron chi connectivity index (χ4n) is 4.06.